The molecule has 0 unspecified atom stereocenters. The highest BCUT2D eigenvalue weighted by Crippen LogP contribution is 2.16. The molecule has 2 heterocycles. The standard InChI is InChI=1S/C21H23FN6O2/c1-2-30-19-8-6-16(7-9-19)21(29)27-12-10-26(11-13-27)15-20-23-24-25-28(20)18-5-3-4-17(22)14-18/h3-9,14H,2,10-13,15H2,1H3. The van der Waals surface area contributed by atoms with Crippen LogP contribution in [0.15, 0.2) is 48.5 Å². The summed E-state index contributed by atoms with van der Waals surface area (Å²) in [4.78, 5) is 16.8. The maximum absolute atomic E-state index is 13.5. The molecule has 8 nitrogen and oxygen atoms in total. The number of carbonyl (C=O) groups excluding carboxylic acids is 1. The minimum Gasteiger partial charge on any atom is -0.494 e. The van der Waals surface area contributed by atoms with Gasteiger partial charge in [-0.05, 0) is 59.8 Å². The van der Waals surface area contributed by atoms with Crippen molar-refractivity contribution in [1.29, 1.82) is 0 Å². The fourth-order valence-electron chi connectivity index (χ4n) is 3.46. The maximum Gasteiger partial charge on any atom is 0.253 e. The molecular formula is C21H23FN6O2. The van der Waals surface area contributed by atoms with Crippen LogP contribution < -0.4 is 4.74 Å². The molecule has 0 radical (unpaired) electrons. The van der Waals surface area contributed by atoms with Crippen LogP contribution in [0.3, 0.4) is 0 Å². The van der Waals surface area contributed by atoms with Gasteiger partial charge in [0.15, 0.2) is 5.82 Å². The summed E-state index contributed by atoms with van der Waals surface area (Å²) in [6.45, 7) is 5.69. The number of hydrogen-bond donors (Lipinski definition) is 0. The van der Waals surface area contributed by atoms with E-state index in [9.17, 15) is 9.18 Å². The summed E-state index contributed by atoms with van der Waals surface area (Å²) < 4.78 is 20.5. The Bertz CT molecular complexity index is 999. The highest BCUT2D eigenvalue weighted by Gasteiger charge is 2.23. The summed E-state index contributed by atoms with van der Waals surface area (Å²) in [5.74, 6) is 1.07. The molecule has 0 aliphatic carbocycles. The van der Waals surface area contributed by atoms with Gasteiger partial charge < -0.3 is 9.64 Å². The van der Waals surface area contributed by atoms with E-state index in [1.165, 1.54) is 12.1 Å². The Morgan fingerprint density at radius 3 is 2.57 bits per heavy atom. The van der Waals surface area contributed by atoms with Crippen molar-refractivity contribution < 1.29 is 13.9 Å². The van der Waals surface area contributed by atoms with E-state index >= 15 is 0 Å². The molecule has 2 aromatic carbocycles. The van der Waals surface area contributed by atoms with Crippen LogP contribution >= 0.6 is 0 Å². The number of benzene rings is 2. The molecule has 1 aliphatic heterocycles. The summed E-state index contributed by atoms with van der Waals surface area (Å²) >= 11 is 0. The number of tetrazole rings is 1. The zero-order valence-corrected chi connectivity index (χ0v) is 16.7. The van der Waals surface area contributed by atoms with Crippen LogP contribution in [-0.2, 0) is 6.54 Å². The Labute approximate surface area is 173 Å². The molecule has 1 saturated heterocycles. The molecular weight excluding hydrogens is 387 g/mol. The van der Waals surface area contributed by atoms with Crippen molar-refractivity contribution >= 4 is 5.91 Å². The van der Waals surface area contributed by atoms with Crippen LogP contribution in [0.5, 0.6) is 5.75 Å². The largest absolute Gasteiger partial charge is 0.494 e. The van der Waals surface area contributed by atoms with E-state index in [0.717, 1.165) is 5.75 Å². The first-order chi connectivity index (χ1) is 14.6. The highest BCUT2D eigenvalue weighted by molar-refractivity contribution is 5.94. The normalized spacial score (nSPS) is 14.7. The van der Waals surface area contributed by atoms with Crippen molar-refractivity contribution in [3.05, 3.63) is 65.7 Å². The molecule has 4 rings (SSSR count). The van der Waals surface area contributed by atoms with Gasteiger partial charge in [-0.1, -0.05) is 6.07 Å². The van der Waals surface area contributed by atoms with Crippen LogP contribution in [0.4, 0.5) is 4.39 Å². The second-order valence-corrected chi connectivity index (χ2v) is 7.01. The first-order valence-corrected chi connectivity index (χ1v) is 9.91. The van der Waals surface area contributed by atoms with Gasteiger partial charge in [0.05, 0.1) is 18.8 Å². The van der Waals surface area contributed by atoms with Crippen LogP contribution in [-0.4, -0.2) is 68.7 Å². The van der Waals surface area contributed by atoms with E-state index in [2.05, 4.69) is 20.4 Å². The Balaban J connectivity index is 1.35. The smallest absolute Gasteiger partial charge is 0.253 e. The topological polar surface area (TPSA) is 76.4 Å². The lowest BCUT2D eigenvalue weighted by atomic mass is 10.1. The van der Waals surface area contributed by atoms with E-state index in [-0.39, 0.29) is 11.7 Å². The van der Waals surface area contributed by atoms with Crippen LogP contribution in [0.25, 0.3) is 5.69 Å². The molecule has 0 N–H and O–H groups in total. The molecule has 1 amide bonds. The highest BCUT2D eigenvalue weighted by atomic mass is 19.1. The Morgan fingerprint density at radius 1 is 1.10 bits per heavy atom. The summed E-state index contributed by atoms with van der Waals surface area (Å²) in [7, 11) is 0. The van der Waals surface area contributed by atoms with Crippen LogP contribution in [0.2, 0.25) is 0 Å². The van der Waals surface area contributed by atoms with E-state index < -0.39 is 0 Å². The van der Waals surface area contributed by atoms with Crippen molar-refractivity contribution in [1.82, 2.24) is 30.0 Å². The molecule has 30 heavy (non-hydrogen) atoms. The molecule has 3 aromatic rings. The Kier molecular flexibility index (Phi) is 5.99. The van der Waals surface area contributed by atoms with Crippen molar-refractivity contribution in [2.45, 2.75) is 13.5 Å². The SMILES string of the molecule is CCOc1ccc(C(=O)N2CCN(Cc3nnnn3-c3cccc(F)c3)CC2)cc1. The first kappa shape index (κ1) is 20.0. The number of piperazine rings is 1. The van der Waals surface area contributed by atoms with Gasteiger partial charge in [-0.3, -0.25) is 9.69 Å². The lowest BCUT2D eigenvalue weighted by molar-refractivity contribution is 0.0624. The van der Waals surface area contributed by atoms with Crippen LogP contribution in [0.1, 0.15) is 23.1 Å². The molecule has 9 heteroatoms. The van der Waals surface area contributed by atoms with E-state index in [4.69, 9.17) is 4.74 Å². The third kappa shape index (κ3) is 4.46. The lowest BCUT2D eigenvalue weighted by Gasteiger charge is -2.34. The number of hydrogen-bond acceptors (Lipinski definition) is 6. The van der Waals surface area contributed by atoms with Crippen molar-refractivity contribution in [2.75, 3.05) is 32.8 Å². The number of amides is 1. The molecule has 0 atom stereocenters. The number of nitrogens with zero attached hydrogens (tertiary/aromatic N) is 6. The Morgan fingerprint density at radius 2 is 1.87 bits per heavy atom. The predicted molar refractivity (Wildman–Crippen MR) is 108 cm³/mol. The van der Waals surface area contributed by atoms with Gasteiger partial charge >= 0.3 is 0 Å². The summed E-state index contributed by atoms with van der Waals surface area (Å²) in [6.07, 6.45) is 0. The quantitative estimate of drug-likeness (QED) is 0.620. The van der Waals surface area contributed by atoms with Gasteiger partial charge in [0, 0.05) is 31.7 Å². The first-order valence-electron chi connectivity index (χ1n) is 9.91. The number of rotatable bonds is 6. The second kappa shape index (κ2) is 9.00. The third-order valence-corrected chi connectivity index (χ3v) is 5.02. The van der Waals surface area contributed by atoms with E-state index in [1.807, 2.05) is 24.0 Å². The number of halogens is 1. The molecule has 0 spiro atoms. The average Bonchev–Trinajstić information content (AvgIpc) is 3.23. The number of carbonyl (C=O) groups is 1. The van der Waals surface area contributed by atoms with E-state index in [1.54, 1.807) is 28.9 Å². The number of aromatic nitrogens is 4. The minimum absolute atomic E-state index is 0.0160. The van der Waals surface area contributed by atoms with Gasteiger partial charge in [0.25, 0.3) is 5.91 Å². The second-order valence-electron chi connectivity index (χ2n) is 7.01. The summed E-state index contributed by atoms with van der Waals surface area (Å²) in [5.41, 5.74) is 1.24. The van der Waals surface area contributed by atoms with E-state index in [0.29, 0.717) is 56.4 Å². The van der Waals surface area contributed by atoms with Crippen molar-refractivity contribution in [3.8, 4) is 11.4 Å². The molecule has 0 bridgehead atoms. The zero-order valence-electron chi connectivity index (χ0n) is 16.7. The zero-order chi connectivity index (χ0) is 20.9. The lowest BCUT2D eigenvalue weighted by Crippen LogP contribution is -2.48. The molecule has 1 aliphatic rings. The third-order valence-electron chi connectivity index (χ3n) is 5.02. The number of ether oxygens (including phenoxy) is 1. The van der Waals surface area contributed by atoms with Gasteiger partial charge in [-0.15, -0.1) is 5.10 Å². The minimum atomic E-state index is -0.338. The molecule has 1 aromatic heterocycles. The predicted octanol–water partition coefficient (Wildman–Crippen LogP) is 2.16. The van der Waals surface area contributed by atoms with Crippen molar-refractivity contribution in [3.63, 3.8) is 0 Å². The van der Waals surface area contributed by atoms with Gasteiger partial charge in [-0.2, -0.15) is 4.68 Å². The molecule has 156 valence electrons. The van der Waals surface area contributed by atoms with Crippen LogP contribution in [0, 0.1) is 5.82 Å². The summed E-state index contributed by atoms with van der Waals surface area (Å²) in [6, 6.07) is 13.4. The Hall–Kier alpha value is -3.33. The maximum atomic E-state index is 13.5. The van der Waals surface area contributed by atoms with Gasteiger partial charge in [0.1, 0.15) is 11.6 Å². The van der Waals surface area contributed by atoms with Gasteiger partial charge in [-0.25, -0.2) is 4.39 Å². The van der Waals surface area contributed by atoms with Crippen molar-refractivity contribution in [2.24, 2.45) is 0 Å². The molecule has 0 saturated carbocycles. The summed E-state index contributed by atoms with van der Waals surface area (Å²) in [5, 5.41) is 11.8. The average molecular weight is 410 g/mol. The van der Waals surface area contributed by atoms with Gasteiger partial charge in [0.2, 0.25) is 0 Å². The fourth-order valence-corrected chi connectivity index (χ4v) is 3.46. The monoisotopic (exact) mass is 410 g/mol. The molecule has 1 fully saturated rings. The fraction of sp³-hybridized carbons (Fsp3) is 0.333.